The average Bonchev–Trinajstić information content (AvgIpc) is 3.41. The molecule has 1 atom stereocenters. The van der Waals surface area contributed by atoms with Gasteiger partial charge in [-0.3, -0.25) is 0 Å². The Morgan fingerprint density at radius 2 is 1.83 bits per heavy atom. The molecule has 0 fully saturated rings. The van der Waals surface area contributed by atoms with Crippen LogP contribution in [-0.2, 0) is 6.42 Å². The molecule has 0 spiro atoms. The molecule has 1 N–H and O–H groups in total. The summed E-state index contributed by atoms with van der Waals surface area (Å²) in [7, 11) is 1.56. The lowest BCUT2D eigenvalue weighted by atomic mass is 9.98. The van der Waals surface area contributed by atoms with Gasteiger partial charge in [0.2, 0.25) is 5.88 Å². The Bertz CT molecular complexity index is 1170. The van der Waals surface area contributed by atoms with Crippen LogP contribution >= 0.6 is 11.5 Å². The van der Waals surface area contributed by atoms with Crippen LogP contribution in [-0.4, -0.2) is 26.6 Å². The number of aromatic nitrogens is 3. The monoisotopic (exact) mass is 417 g/mol. The van der Waals surface area contributed by atoms with Crippen molar-refractivity contribution >= 4 is 11.5 Å². The zero-order valence-electron chi connectivity index (χ0n) is 16.3. The molecule has 0 bridgehead atoms. The first-order chi connectivity index (χ1) is 14.7. The SMILES string of the molecule is COc1ncc(-c2cccc3c2CC[C@H]3Oc2ccc(-c3cc(O)ns3)cc2)cn1. The van der Waals surface area contributed by atoms with Gasteiger partial charge < -0.3 is 14.6 Å². The predicted octanol–water partition coefficient (Wildman–Crippen LogP) is 5.05. The van der Waals surface area contributed by atoms with Gasteiger partial charge in [0.25, 0.3) is 0 Å². The number of hydrogen-bond donors (Lipinski definition) is 1. The zero-order valence-corrected chi connectivity index (χ0v) is 17.1. The number of rotatable bonds is 5. The molecular formula is C23H19N3O3S. The van der Waals surface area contributed by atoms with E-state index in [1.807, 2.05) is 24.3 Å². The quantitative estimate of drug-likeness (QED) is 0.490. The second kappa shape index (κ2) is 7.76. The van der Waals surface area contributed by atoms with Crippen molar-refractivity contribution in [3.63, 3.8) is 0 Å². The maximum Gasteiger partial charge on any atom is 0.316 e. The Kier molecular flexibility index (Phi) is 4.80. The van der Waals surface area contributed by atoms with E-state index in [0.717, 1.165) is 40.2 Å². The van der Waals surface area contributed by atoms with E-state index >= 15 is 0 Å². The Morgan fingerprint density at radius 1 is 1.03 bits per heavy atom. The summed E-state index contributed by atoms with van der Waals surface area (Å²) in [5, 5.41) is 9.44. The van der Waals surface area contributed by atoms with Gasteiger partial charge in [-0.1, -0.05) is 18.2 Å². The highest BCUT2D eigenvalue weighted by Crippen LogP contribution is 2.40. The molecule has 2 aromatic carbocycles. The highest BCUT2D eigenvalue weighted by atomic mass is 32.1. The topological polar surface area (TPSA) is 77.4 Å². The summed E-state index contributed by atoms with van der Waals surface area (Å²) < 4.78 is 15.3. The fraction of sp³-hybridized carbons (Fsp3) is 0.174. The Hall–Kier alpha value is -3.45. The molecule has 30 heavy (non-hydrogen) atoms. The maximum absolute atomic E-state index is 9.44. The lowest BCUT2D eigenvalue weighted by Gasteiger charge is -2.16. The molecule has 2 aromatic heterocycles. The van der Waals surface area contributed by atoms with Gasteiger partial charge in [0.1, 0.15) is 11.9 Å². The van der Waals surface area contributed by atoms with E-state index in [1.165, 1.54) is 22.7 Å². The van der Waals surface area contributed by atoms with Gasteiger partial charge >= 0.3 is 6.01 Å². The molecule has 0 amide bonds. The third-order valence-corrected chi connectivity index (χ3v) is 6.08. The molecule has 0 saturated carbocycles. The lowest BCUT2D eigenvalue weighted by molar-refractivity contribution is 0.207. The summed E-state index contributed by atoms with van der Waals surface area (Å²) in [6.07, 6.45) is 5.48. The van der Waals surface area contributed by atoms with Crippen molar-refractivity contribution in [3.05, 3.63) is 72.1 Å². The first kappa shape index (κ1) is 18.6. The standard InChI is InChI=1S/C23H19N3O3S/c1-28-23-24-12-15(13-25-23)17-3-2-4-19-18(17)9-10-20(19)29-16-7-5-14(6-8-16)21-11-22(27)26-30-21/h2-8,11-13,20H,9-10H2,1H3,(H,26,27)/t20-/m1/s1. The Morgan fingerprint density at radius 3 is 2.53 bits per heavy atom. The fourth-order valence-corrected chi connectivity index (χ4v) is 4.48. The van der Waals surface area contributed by atoms with Crippen molar-refractivity contribution in [2.24, 2.45) is 0 Å². The van der Waals surface area contributed by atoms with Crippen LogP contribution in [0.3, 0.4) is 0 Å². The van der Waals surface area contributed by atoms with Crippen molar-refractivity contribution in [2.75, 3.05) is 7.11 Å². The van der Waals surface area contributed by atoms with Gasteiger partial charge in [0, 0.05) is 24.0 Å². The van der Waals surface area contributed by atoms with E-state index in [0.29, 0.717) is 6.01 Å². The normalized spacial score (nSPS) is 15.0. The van der Waals surface area contributed by atoms with Gasteiger partial charge in [-0.25, -0.2) is 9.97 Å². The maximum atomic E-state index is 9.44. The summed E-state index contributed by atoms with van der Waals surface area (Å²) in [6, 6.07) is 16.2. The minimum absolute atomic E-state index is 0.0115. The minimum Gasteiger partial charge on any atom is -0.493 e. The second-order valence-corrected chi connectivity index (χ2v) is 7.86. The van der Waals surface area contributed by atoms with Gasteiger partial charge in [-0.2, -0.15) is 4.37 Å². The molecule has 150 valence electrons. The summed E-state index contributed by atoms with van der Waals surface area (Å²) in [5.41, 5.74) is 5.62. The van der Waals surface area contributed by atoms with Crippen LogP contribution in [0.5, 0.6) is 17.6 Å². The minimum atomic E-state index is 0.0115. The molecular weight excluding hydrogens is 398 g/mol. The smallest absolute Gasteiger partial charge is 0.316 e. The van der Waals surface area contributed by atoms with E-state index in [1.54, 1.807) is 25.6 Å². The molecule has 2 heterocycles. The molecule has 0 aliphatic heterocycles. The average molecular weight is 417 g/mol. The van der Waals surface area contributed by atoms with Crippen molar-refractivity contribution in [2.45, 2.75) is 18.9 Å². The third-order valence-electron chi connectivity index (χ3n) is 5.25. The summed E-state index contributed by atoms with van der Waals surface area (Å²) in [6.45, 7) is 0. The largest absolute Gasteiger partial charge is 0.493 e. The first-order valence-electron chi connectivity index (χ1n) is 9.62. The second-order valence-electron chi connectivity index (χ2n) is 7.05. The number of benzene rings is 2. The number of fused-ring (bicyclic) bond motifs is 1. The molecule has 7 heteroatoms. The van der Waals surface area contributed by atoms with Crippen LogP contribution in [0, 0.1) is 0 Å². The molecule has 6 nitrogen and oxygen atoms in total. The summed E-state index contributed by atoms with van der Waals surface area (Å²) in [4.78, 5) is 9.40. The molecule has 1 aliphatic rings. The summed E-state index contributed by atoms with van der Waals surface area (Å²) in [5.74, 6) is 0.875. The van der Waals surface area contributed by atoms with Crippen molar-refractivity contribution in [1.29, 1.82) is 0 Å². The molecule has 0 radical (unpaired) electrons. The molecule has 4 aromatic rings. The van der Waals surface area contributed by atoms with Crippen molar-refractivity contribution < 1.29 is 14.6 Å². The number of ether oxygens (including phenoxy) is 2. The predicted molar refractivity (Wildman–Crippen MR) is 115 cm³/mol. The third kappa shape index (κ3) is 3.48. The van der Waals surface area contributed by atoms with Crippen LogP contribution in [0.1, 0.15) is 23.7 Å². The van der Waals surface area contributed by atoms with Crippen molar-refractivity contribution in [3.8, 4) is 39.2 Å². The molecule has 0 saturated heterocycles. The number of aromatic hydroxyl groups is 1. The highest BCUT2D eigenvalue weighted by molar-refractivity contribution is 7.09. The zero-order chi connectivity index (χ0) is 20.5. The number of methoxy groups -OCH3 is 1. The van der Waals surface area contributed by atoms with Crippen LogP contribution in [0.25, 0.3) is 21.6 Å². The number of hydrogen-bond acceptors (Lipinski definition) is 7. The highest BCUT2D eigenvalue weighted by Gasteiger charge is 2.26. The van der Waals surface area contributed by atoms with Gasteiger partial charge in [0.15, 0.2) is 0 Å². The summed E-state index contributed by atoms with van der Waals surface area (Å²) >= 11 is 1.27. The van der Waals surface area contributed by atoms with Gasteiger partial charge in [-0.15, -0.1) is 0 Å². The number of nitrogens with zero attached hydrogens (tertiary/aromatic N) is 3. The van der Waals surface area contributed by atoms with E-state index < -0.39 is 0 Å². The van der Waals surface area contributed by atoms with Gasteiger partial charge in [0.05, 0.1) is 12.0 Å². The first-order valence-corrected chi connectivity index (χ1v) is 10.4. The van der Waals surface area contributed by atoms with Crippen LogP contribution in [0.4, 0.5) is 0 Å². The van der Waals surface area contributed by atoms with Crippen LogP contribution in [0.15, 0.2) is 60.9 Å². The van der Waals surface area contributed by atoms with E-state index in [9.17, 15) is 5.11 Å². The fourth-order valence-electron chi connectivity index (χ4n) is 3.83. The van der Waals surface area contributed by atoms with Crippen LogP contribution in [0.2, 0.25) is 0 Å². The Balaban J connectivity index is 1.37. The van der Waals surface area contributed by atoms with E-state index in [-0.39, 0.29) is 12.0 Å². The lowest BCUT2D eigenvalue weighted by Crippen LogP contribution is -2.03. The molecule has 5 rings (SSSR count). The van der Waals surface area contributed by atoms with E-state index in [4.69, 9.17) is 9.47 Å². The molecule has 0 unspecified atom stereocenters. The van der Waals surface area contributed by atoms with Crippen LogP contribution < -0.4 is 9.47 Å². The molecule has 1 aliphatic carbocycles. The van der Waals surface area contributed by atoms with Crippen molar-refractivity contribution in [1.82, 2.24) is 14.3 Å². The Labute approximate surface area is 178 Å². The van der Waals surface area contributed by atoms with E-state index in [2.05, 4.69) is 32.5 Å². The van der Waals surface area contributed by atoms with Gasteiger partial charge in [-0.05, 0) is 70.9 Å².